The molecular weight excluding hydrogens is 430 g/mol. The van der Waals surface area contributed by atoms with E-state index in [0.717, 1.165) is 24.1 Å². The number of aromatic nitrogens is 2. The van der Waals surface area contributed by atoms with Crippen molar-refractivity contribution in [1.82, 2.24) is 10.2 Å². The molecule has 1 aliphatic rings. The summed E-state index contributed by atoms with van der Waals surface area (Å²) in [7, 11) is 1.59. The van der Waals surface area contributed by atoms with Crippen molar-refractivity contribution in [2.24, 2.45) is 0 Å². The summed E-state index contributed by atoms with van der Waals surface area (Å²) < 4.78 is 11.1. The summed E-state index contributed by atoms with van der Waals surface area (Å²) in [5.74, 6) is 1.88. The monoisotopic (exact) mass is 449 g/mol. The van der Waals surface area contributed by atoms with Crippen LogP contribution in [0, 0.1) is 0 Å². The van der Waals surface area contributed by atoms with Crippen molar-refractivity contribution in [3.8, 4) is 17.1 Å². The van der Waals surface area contributed by atoms with Crippen LogP contribution in [0.2, 0.25) is 5.02 Å². The topological polar surface area (TPSA) is 97.2 Å². The molecule has 0 atom stereocenters. The van der Waals surface area contributed by atoms with Crippen LogP contribution >= 0.6 is 11.6 Å². The molecule has 4 aromatic rings. The number of benzene rings is 2. The average molecular weight is 450 g/mol. The van der Waals surface area contributed by atoms with Crippen LogP contribution in [0.4, 0.5) is 5.82 Å². The number of H-pyrrole nitrogens is 1. The molecule has 2 N–H and O–H groups in total. The number of aromatic amines is 1. The molecule has 32 heavy (non-hydrogen) atoms. The highest BCUT2D eigenvalue weighted by Gasteiger charge is 2.25. The SMILES string of the molecule is COc1ccc(-c2cc(=O)c3c(Cl)c(CC(=O)Nc4cc(C5CC5)[nH]n4)ccc3o2)cc1. The third-order valence-electron chi connectivity index (χ3n) is 5.52. The molecule has 0 spiro atoms. The van der Waals surface area contributed by atoms with Crippen molar-refractivity contribution < 1.29 is 13.9 Å². The van der Waals surface area contributed by atoms with Crippen molar-refractivity contribution in [2.75, 3.05) is 12.4 Å². The van der Waals surface area contributed by atoms with Crippen molar-refractivity contribution in [2.45, 2.75) is 25.2 Å². The first-order valence-corrected chi connectivity index (χ1v) is 10.6. The molecule has 1 fully saturated rings. The molecular formula is C24H20ClN3O4. The van der Waals surface area contributed by atoms with Crippen LogP contribution in [0.3, 0.4) is 0 Å². The van der Waals surface area contributed by atoms with Gasteiger partial charge in [-0.1, -0.05) is 17.7 Å². The standard InChI is InChI=1S/C24H20ClN3O4/c1-31-16-7-4-14(5-8-16)20-12-18(29)23-19(32-20)9-6-15(24(23)25)10-22(30)26-21-11-17(27-28-21)13-2-3-13/h4-9,11-13H,2-3,10H2,1H3,(H2,26,27,28,30). The highest BCUT2D eigenvalue weighted by Crippen LogP contribution is 2.39. The van der Waals surface area contributed by atoms with Gasteiger partial charge in [-0.05, 0) is 48.7 Å². The Balaban J connectivity index is 1.39. The molecule has 1 aliphatic carbocycles. The Morgan fingerprint density at radius 3 is 2.72 bits per heavy atom. The van der Waals surface area contributed by atoms with Gasteiger partial charge in [0.15, 0.2) is 11.2 Å². The quantitative estimate of drug-likeness (QED) is 0.436. The molecule has 1 saturated carbocycles. The molecule has 2 heterocycles. The fourth-order valence-electron chi connectivity index (χ4n) is 3.65. The molecule has 2 aromatic heterocycles. The van der Waals surface area contributed by atoms with Gasteiger partial charge in [0.05, 0.1) is 23.9 Å². The number of rotatable bonds is 6. The van der Waals surface area contributed by atoms with Gasteiger partial charge in [0, 0.05) is 29.3 Å². The third-order valence-corrected chi connectivity index (χ3v) is 5.95. The van der Waals surface area contributed by atoms with Gasteiger partial charge < -0.3 is 14.5 Å². The number of methoxy groups -OCH3 is 1. The Labute approximate surface area is 188 Å². The number of carbonyl (C=O) groups excluding carboxylic acids is 1. The van der Waals surface area contributed by atoms with Crippen LogP contribution < -0.4 is 15.5 Å². The lowest BCUT2D eigenvalue weighted by molar-refractivity contribution is -0.115. The van der Waals surface area contributed by atoms with Crippen LogP contribution in [-0.2, 0) is 11.2 Å². The lowest BCUT2D eigenvalue weighted by Crippen LogP contribution is -2.15. The zero-order chi connectivity index (χ0) is 22.2. The van der Waals surface area contributed by atoms with Gasteiger partial charge in [-0.15, -0.1) is 0 Å². The smallest absolute Gasteiger partial charge is 0.230 e. The van der Waals surface area contributed by atoms with Gasteiger partial charge in [0.25, 0.3) is 0 Å². The number of amides is 1. The van der Waals surface area contributed by atoms with E-state index in [1.165, 1.54) is 6.07 Å². The molecule has 0 radical (unpaired) electrons. The Morgan fingerprint density at radius 2 is 2.00 bits per heavy atom. The van der Waals surface area contributed by atoms with Crippen molar-refractivity contribution in [3.05, 3.63) is 75.0 Å². The van der Waals surface area contributed by atoms with Gasteiger partial charge in [0.1, 0.15) is 17.1 Å². The summed E-state index contributed by atoms with van der Waals surface area (Å²) in [4.78, 5) is 25.3. The third kappa shape index (κ3) is 3.99. The van der Waals surface area contributed by atoms with Crippen LogP contribution in [0.5, 0.6) is 5.75 Å². The van der Waals surface area contributed by atoms with Gasteiger partial charge in [0.2, 0.25) is 5.91 Å². The molecule has 2 aromatic carbocycles. The van der Waals surface area contributed by atoms with Crippen molar-refractivity contribution >= 4 is 34.3 Å². The first kappa shape index (κ1) is 20.3. The number of anilines is 1. The number of halogens is 1. The Hall–Kier alpha value is -3.58. The highest BCUT2D eigenvalue weighted by molar-refractivity contribution is 6.36. The number of nitrogens with one attached hydrogen (secondary N) is 2. The first-order chi connectivity index (χ1) is 15.5. The fourth-order valence-corrected chi connectivity index (χ4v) is 3.97. The predicted octanol–water partition coefficient (Wildman–Crippen LogP) is 4.90. The molecule has 0 unspecified atom stereocenters. The Morgan fingerprint density at radius 1 is 1.22 bits per heavy atom. The lowest BCUT2D eigenvalue weighted by atomic mass is 10.1. The Bertz CT molecular complexity index is 1370. The summed E-state index contributed by atoms with van der Waals surface area (Å²) in [5.41, 5.74) is 2.41. The summed E-state index contributed by atoms with van der Waals surface area (Å²) in [6.45, 7) is 0. The van der Waals surface area contributed by atoms with E-state index < -0.39 is 0 Å². The molecule has 5 rings (SSSR count). The number of carbonyl (C=O) groups is 1. The van der Waals surface area contributed by atoms with Crippen molar-refractivity contribution in [1.29, 1.82) is 0 Å². The zero-order valence-electron chi connectivity index (χ0n) is 17.3. The maximum absolute atomic E-state index is 12.8. The second-order valence-corrected chi connectivity index (χ2v) is 8.20. The molecule has 0 aliphatic heterocycles. The van der Waals surface area contributed by atoms with Gasteiger partial charge >= 0.3 is 0 Å². The molecule has 1 amide bonds. The van der Waals surface area contributed by atoms with Gasteiger partial charge in [-0.25, -0.2) is 0 Å². The van der Waals surface area contributed by atoms with E-state index in [9.17, 15) is 9.59 Å². The molecule has 0 saturated heterocycles. The number of ether oxygens (including phenoxy) is 1. The minimum atomic E-state index is -0.272. The van der Waals surface area contributed by atoms with E-state index in [1.54, 1.807) is 31.4 Å². The van der Waals surface area contributed by atoms with Crippen LogP contribution in [0.1, 0.15) is 30.0 Å². The zero-order valence-corrected chi connectivity index (χ0v) is 18.0. The number of hydrogen-bond acceptors (Lipinski definition) is 5. The van der Waals surface area contributed by atoms with Gasteiger partial charge in [-0.2, -0.15) is 5.10 Å². The normalized spacial score (nSPS) is 13.3. The summed E-state index contributed by atoms with van der Waals surface area (Å²) in [5, 5.41) is 10.3. The van der Waals surface area contributed by atoms with E-state index in [2.05, 4.69) is 15.5 Å². The van der Waals surface area contributed by atoms with Crippen LogP contribution in [-0.4, -0.2) is 23.2 Å². The summed E-state index contributed by atoms with van der Waals surface area (Å²) >= 11 is 6.51. The maximum Gasteiger partial charge on any atom is 0.230 e. The number of nitrogens with zero attached hydrogens (tertiary/aromatic N) is 1. The van der Waals surface area contributed by atoms with E-state index in [4.69, 9.17) is 20.8 Å². The summed E-state index contributed by atoms with van der Waals surface area (Å²) in [6.07, 6.45) is 2.30. The Kier molecular flexibility index (Phi) is 5.19. The number of fused-ring (bicyclic) bond motifs is 1. The van der Waals surface area contributed by atoms with E-state index in [-0.39, 0.29) is 28.2 Å². The largest absolute Gasteiger partial charge is 0.497 e. The van der Waals surface area contributed by atoms with Crippen molar-refractivity contribution in [3.63, 3.8) is 0 Å². The summed E-state index contributed by atoms with van der Waals surface area (Å²) in [6, 6.07) is 13.8. The molecule has 0 bridgehead atoms. The second-order valence-electron chi connectivity index (χ2n) is 7.82. The minimum absolute atomic E-state index is 0.0140. The highest BCUT2D eigenvalue weighted by atomic mass is 35.5. The second kappa shape index (κ2) is 8.16. The first-order valence-electron chi connectivity index (χ1n) is 10.3. The van der Waals surface area contributed by atoms with Crippen LogP contribution in [0.25, 0.3) is 22.3 Å². The van der Waals surface area contributed by atoms with E-state index >= 15 is 0 Å². The van der Waals surface area contributed by atoms with Crippen LogP contribution in [0.15, 0.2) is 57.7 Å². The average Bonchev–Trinajstić information content (AvgIpc) is 3.54. The molecule has 162 valence electrons. The molecule has 8 heteroatoms. The number of hydrogen-bond donors (Lipinski definition) is 2. The maximum atomic E-state index is 12.8. The fraction of sp³-hybridized carbons (Fsp3) is 0.208. The van der Waals surface area contributed by atoms with E-state index in [1.807, 2.05) is 18.2 Å². The van der Waals surface area contributed by atoms with E-state index in [0.29, 0.717) is 34.4 Å². The lowest BCUT2D eigenvalue weighted by Gasteiger charge is -2.09. The molecule has 7 nitrogen and oxygen atoms in total. The minimum Gasteiger partial charge on any atom is -0.497 e. The predicted molar refractivity (Wildman–Crippen MR) is 122 cm³/mol. The van der Waals surface area contributed by atoms with Gasteiger partial charge in [-0.3, -0.25) is 14.7 Å².